The van der Waals surface area contributed by atoms with Crippen LogP contribution in [0.4, 0.5) is 8.78 Å². The van der Waals surface area contributed by atoms with Gasteiger partial charge in [0.25, 0.3) is 11.8 Å². The second-order valence-electron chi connectivity index (χ2n) is 9.22. The molecule has 0 spiro atoms. The maximum atomic E-state index is 13.4. The van der Waals surface area contributed by atoms with Gasteiger partial charge in [-0.05, 0) is 41.3 Å². The van der Waals surface area contributed by atoms with Crippen LogP contribution in [0.15, 0.2) is 54.9 Å². The molecule has 1 amide bonds. The summed E-state index contributed by atoms with van der Waals surface area (Å²) >= 11 is 0. The van der Waals surface area contributed by atoms with Crippen molar-refractivity contribution >= 4 is 5.91 Å². The maximum absolute atomic E-state index is 13.4. The number of rotatable bonds is 6. The van der Waals surface area contributed by atoms with Crippen LogP contribution in [0.25, 0.3) is 11.1 Å². The molecule has 2 aromatic carbocycles. The lowest BCUT2D eigenvalue weighted by Gasteiger charge is -2.21. The van der Waals surface area contributed by atoms with Gasteiger partial charge in [0, 0.05) is 42.9 Å². The summed E-state index contributed by atoms with van der Waals surface area (Å²) in [5, 5.41) is 14.2. The van der Waals surface area contributed by atoms with Crippen LogP contribution in [-0.2, 0) is 13.1 Å². The largest absolute Gasteiger partial charge is 0.491 e. The van der Waals surface area contributed by atoms with Crippen LogP contribution in [0, 0.1) is 5.92 Å². The van der Waals surface area contributed by atoms with Crippen LogP contribution in [0.5, 0.6) is 5.75 Å². The van der Waals surface area contributed by atoms with Gasteiger partial charge in [-0.1, -0.05) is 32.0 Å². The van der Waals surface area contributed by atoms with Gasteiger partial charge in [0.15, 0.2) is 0 Å². The summed E-state index contributed by atoms with van der Waals surface area (Å²) in [5.74, 6) is -2.27. The van der Waals surface area contributed by atoms with E-state index in [1.165, 1.54) is 24.3 Å². The summed E-state index contributed by atoms with van der Waals surface area (Å²) in [6, 6.07) is 11.6. The van der Waals surface area contributed by atoms with E-state index in [-0.39, 0.29) is 11.5 Å². The molecule has 1 atom stereocenters. The second kappa shape index (κ2) is 9.54. The third kappa shape index (κ3) is 5.28. The summed E-state index contributed by atoms with van der Waals surface area (Å²) in [6.45, 7) is 6.88. The number of nitrogens with zero attached hydrogens (tertiary/aromatic N) is 3. The molecule has 0 fully saturated rings. The molecule has 180 valence electrons. The van der Waals surface area contributed by atoms with Crippen LogP contribution in [0.3, 0.4) is 0 Å². The Balaban J connectivity index is 1.53. The molecule has 8 heteroatoms. The SMILES string of the molecule is CC(C)Cn1cc(-c2ccc3c(c2)CN(C(=O)c2ccc(C(O)C(C)(F)F)cc2)CCO3)cn1. The van der Waals surface area contributed by atoms with Gasteiger partial charge in [0.05, 0.1) is 12.7 Å². The zero-order valence-corrected chi connectivity index (χ0v) is 19.5. The standard InChI is InChI=1S/C26H29F2N3O3/c1-17(2)14-31-16-22(13-29-31)20-8-9-23-21(12-20)15-30(10-11-34-23)25(33)19-6-4-18(5-7-19)24(32)26(3,27)28/h4-9,12-13,16-17,24,32H,10-11,14-15H2,1-3H3. The Bertz CT molecular complexity index is 1150. The van der Waals surface area contributed by atoms with Gasteiger partial charge in [-0.2, -0.15) is 5.10 Å². The number of aliphatic hydroxyl groups excluding tert-OH is 1. The van der Waals surface area contributed by atoms with Crippen LogP contribution >= 0.6 is 0 Å². The Hall–Kier alpha value is -3.26. The second-order valence-corrected chi connectivity index (χ2v) is 9.22. The normalized spacial score (nSPS) is 15.0. The lowest BCUT2D eigenvalue weighted by Crippen LogP contribution is -2.32. The van der Waals surface area contributed by atoms with E-state index in [0.29, 0.717) is 38.1 Å². The van der Waals surface area contributed by atoms with E-state index < -0.39 is 12.0 Å². The fraction of sp³-hybridized carbons (Fsp3) is 0.385. The van der Waals surface area contributed by atoms with E-state index in [1.807, 2.05) is 35.3 Å². The highest BCUT2D eigenvalue weighted by Gasteiger charge is 2.33. The average Bonchev–Trinajstić information content (AvgIpc) is 3.14. The monoisotopic (exact) mass is 469 g/mol. The van der Waals surface area contributed by atoms with Crippen LogP contribution in [-0.4, -0.2) is 44.8 Å². The number of alkyl halides is 2. The maximum Gasteiger partial charge on any atom is 0.274 e. The average molecular weight is 470 g/mol. The fourth-order valence-corrected chi connectivity index (χ4v) is 4.02. The van der Waals surface area contributed by atoms with Gasteiger partial charge < -0.3 is 14.7 Å². The van der Waals surface area contributed by atoms with Crippen molar-refractivity contribution in [1.82, 2.24) is 14.7 Å². The van der Waals surface area contributed by atoms with Crippen molar-refractivity contribution in [1.29, 1.82) is 0 Å². The smallest absolute Gasteiger partial charge is 0.274 e. The van der Waals surface area contributed by atoms with Crippen molar-refractivity contribution in [3.63, 3.8) is 0 Å². The molecule has 6 nitrogen and oxygen atoms in total. The van der Waals surface area contributed by atoms with Crippen LogP contribution < -0.4 is 4.74 Å². The molecule has 1 aromatic heterocycles. The number of carbonyl (C=O) groups is 1. The minimum absolute atomic E-state index is 0.0660. The lowest BCUT2D eigenvalue weighted by molar-refractivity contribution is -0.0954. The number of benzene rings is 2. The molecule has 0 aliphatic carbocycles. The van der Waals surface area contributed by atoms with Gasteiger partial charge in [-0.3, -0.25) is 9.48 Å². The predicted octanol–water partition coefficient (Wildman–Crippen LogP) is 4.93. The van der Waals surface area contributed by atoms with Crippen molar-refractivity contribution in [2.75, 3.05) is 13.2 Å². The molecule has 34 heavy (non-hydrogen) atoms. The number of fused-ring (bicyclic) bond motifs is 1. The third-order valence-corrected chi connectivity index (χ3v) is 5.80. The quantitative estimate of drug-likeness (QED) is 0.556. The van der Waals surface area contributed by atoms with Crippen molar-refractivity contribution in [3.8, 4) is 16.9 Å². The molecule has 3 aromatic rings. The third-order valence-electron chi connectivity index (χ3n) is 5.80. The molecule has 2 heterocycles. The predicted molar refractivity (Wildman–Crippen MR) is 125 cm³/mol. The van der Waals surface area contributed by atoms with Gasteiger partial charge in [0.1, 0.15) is 18.5 Å². The number of amides is 1. The Morgan fingerprint density at radius 1 is 1.18 bits per heavy atom. The van der Waals surface area contributed by atoms with Crippen LogP contribution in [0.2, 0.25) is 0 Å². The molecular formula is C26H29F2N3O3. The first-order valence-corrected chi connectivity index (χ1v) is 11.4. The molecular weight excluding hydrogens is 440 g/mol. The van der Waals surface area contributed by atoms with Gasteiger partial charge in [0.2, 0.25) is 0 Å². The molecule has 0 saturated carbocycles. The summed E-state index contributed by atoms with van der Waals surface area (Å²) in [7, 11) is 0. The fourth-order valence-electron chi connectivity index (χ4n) is 4.02. The highest BCUT2D eigenvalue weighted by Crippen LogP contribution is 2.32. The zero-order chi connectivity index (χ0) is 24.5. The van der Waals surface area contributed by atoms with Gasteiger partial charge >= 0.3 is 0 Å². The van der Waals surface area contributed by atoms with Crippen molar-refractivity contribution in [2.45, 2.75) is 45.9 Å². The molecule has 1 aliphatic heterocycles. The van der Waals surface area contributed by atoms with E-state index in [1.54, 1.807) is 4.90 Å². The van der Waals surface area contributed by atoms with E-state index >= 15 is 0 Å². The Labute approximate surface area is 197 Å². The molecule has 1 aliphatic rings. The number of ether oxygens (including phenoxy) is 1. The molecule has 1 N–H and O–H groups in total. The van der Waals surface area contributed by atoms with Crippen molar-refractivity contribution in [2.24, 2.45) is 5.92 Å². The van der Waals surface area contributed by atoms with Crippen molar-refractivity contribution < 1.29 is 23.4 Å². The van der Waals surface area contributed by atoms with Crippen molar-refractivity contribution in [3.05, 3.63) is 71.5 Å². The highest BCUT2D eigenvalue weighted by atomic mass is 19.3. The molecule has 4 rings (SSSR count). The summed E-state index contributed by atoms with van der Waals surface area (Å²) in [4.78, 5) is 14.8. The topological polar surface area (TPSA) is 67.6 Å². The number of carbonyl (C=O) groups excluding carboxylic acids is 1. The molecule has 0 saturated heterocycles. The summed E-state index contributed by atoms with van der Waals surface area (Å²) in [5.41, 5.74) is 3.30. The van der Waals surface area contributed by atoms with E-state index in [4.69, 9.17) is 4.74 Å². The van der Waals surface area contributed by atoms with Gasteiger partial charge in [-0.25, -0.2) is 8.78 Å². The minimum atomic E-state index is -3.26. The number of hydrogen-bond acceptors (Lipinski definition) is 4. The molecule has 0 bridgehead atoms. The van der Waals surface area contributed by atoms with E-state index in [0.717, 1.165) is 29.0 Å². The molecule has 1 unspecified atom stereocenters. The number of aromatic nitrogens is 2. The number of hydrogen-bond donors (Lipinski definition) is 1. The highest BCUT2D eigenvalue weighted by molar-refractivity contribution is 5.94. The molecule has 0 radical (unpaired) electrons. The summed E-state index contributed by atoms with van der Waals surface area (Å²) in [6.07, 6.45) is 1.93. The minimum Gasteiger partial charge on any atom is -0.491 e. The Morgan fingerprint density at radius 3 is 2.59 bits per heavy atom. The lowest BCUT2D eigenvalue weighted by atomic mass is 10.0. The Kier molecular flexibility index (Phi) is 6.70. The summed E-state index contributed by atoms with van der Waals surface area (Å²) < 4.78 is 34.6. The van der Waals surface area contributed by atoms with Crippen LogP contribution in [0.1, 0.15) is 48.4 Å². The number of halogens is 2. The first kappa shape index (κ1) is 23.9. The number of aliphatic hydroxyl groups is 1. The zero-order valence-electron chi connectivity index (χ0n) is 19.5. The first-order valence-electron chi connectivity index (χ1n) is 11.4. The van der Waals surface area contributed by atoms with E-state index in [2.05, 4.69) is 18.9 Å². The van der Waals surface area contributed by atoms with E-state index in [9.17, 15) is 18.7 Å². The van der Waals surface area contributed by atoms with Gasteiger partial charge in [-0.15, -0.1) is 0 Å². The first-order chi connectivity index (χ1) is 16.1. The Morgan fingerprint density at radius 2 is 1.91 bits per heavy atom.